The number of amides is 1. The summed E-state index contributed by atoms with van der Waals surface area (Å²) in [7, 11) is -6.64. The van der Waals surface area contributed by atoms with Gasteiger partial charge in [0.15, 0.2) is 0 Å². The van der Waals surface area contributed by atoms with Crippen LogP contribution >= 0.6 is 0 Å². The molecule has 13 heteroatoms. The van der Waals surface area contributed by atoms with Crippen LogP contribution in [0, 0.1) is 0 Å². The van der Waals surface area contributed by atoms with Crippen molar-refractivity contribution in [2.24, 2.45) is 0 Å². The van der Waals surface area contributed by atoms with E-state index in [1.807, 2.05) is 0 Å². The second kappa shape index (κ2) is 10.6. The number of piperazine rings is 1. The van der Waals surface area contributed by atoms with E-state index in [1.165, 1.54) is 25.4 Å². The highest BCUT2D eigenvalue weighted by Gasteiger charge is 2.42. The standard InChI is InChI=1S/C21H26N4O7S2/c1-32-21(27)18(13-16-7-6-10-22-14-16)23-20(26)19-15-24(11-12-25(19)33(2,28)29)34(30,31)17-8-4-3-5-9-17/h3-10,14,18-19H,11-13,15H2,1-2H3,(H,23,26)/t18-,19+/m1/s1. The van der Waals surface area contributed by atoms with Gasteiger partial charge in [0.2, 0.25) is 26.0 Å². The molecule has 1 fully saturated rings. The van der Waals surface area contributed by atoms with Crippen LogP contribution in [0.5, 0.6) is 0 Å². The van der Waals surface area contributed by atoms with Gasteiger partial charge >= 0.3 is 5.97 Å². The quantitative estimate of drug-likeness (QED) is 0.474. The Labute approximate surface area is 198 Å². The number of esters is 1. The van der Waals surface area contributed by atoms with Crippen molar-refractivity contribution < 1.29 is 31.2 Å². The molecule has 2 heterocycles. The molecule has 1 aromatic carbocycles. The summed E-state index contributed by atoms with van der Waals surface area (Å²) < 4.78 is 57.7. The molecule has 2 atom stereocenters. The van der Waals surface area contributed by atoms with Crippen molar-refractivity contribution in [1.82, 2.24) is 18.9 Å². The van der Waals surface area contributed by atoms with Crippen molar-refractivity contribution >= 4 is 31.9 Å². The van der Waals surface area contributed by atoms with Crippen LogP contribution in [0.1, 0.15) is 5.56 Å². The molecular weight excluding hydrogens is 484 g/mol. The number of sulfonamides is 2. The van der Waals surface area contributed by atoms with Crippen molar-refractivity contribution in [2.75, 3.05) is 33.0 Å². The number of carbonyl (C=O) groups excluding carboxylic acids is 2. The molecule has 3 rings (SSSR count). The smallest absolute Gasteiger partial charge is 0.328 e. The van der Waals surface area contributed by atoms with Gasteiger partial charge in [-0.1, -0.05) is 24.3 Å². The highest BCUT2D eigenvalue weighted by Crippen LogP contribution is 2.22. The lowest BCUT2D eigenvalue weighted by Gasteiger charge is -2.38. The summed E-state index contributed by atoms with van der Waals surface area (Å²) in [5.74, 6) is -1.54. The van der Waals surface area contributed by atoms with E-state index in [0.717, 1.165) is 14.9 Å². The number of ether oxygens (including phenoxy) is 1. The summed E-state index contributed by atoms with van der Waals surface area (Å²) in [4.78, 5) is 29.6. The summed E-state index contributed by atoms with van der Waals surface area (Å²) in [6.07, 6.45) is 4.09. The molecule has 11 nitrogen and oxygen atoms in total. The van der Waals surface area contributed by atoms with E-state index in [-0.39, 0.29) is 24.4 Å². The van der Waals surface area contributed by atoms with Gasteiger partial charge in [-0.25, -0.2) is 21.6 Å². The van der Waals surface area contributed by atoms with Crippen LogP contribution < -0.4 is 5.32 Å². The van der Waals surface area contributed by atoms with Crippen molar-refractivity contribution in [3.63, 3.8) is 0 Å². The highest BCUT2D eigenvalue weighted by atomic mass is 32.2. The van der Waals surface area contributed by atoms with Gasteiger partial charge in [-0.2, -0.15) is 8.61 Å². The molecule has 0 aliphatic carbocycles. The molecule has 1 N–H and O–H groups in total. The zero-order chi connectivity index (χ0) is 24.9. The minimum Gasteiger partial charge on any atom is -0.467 e. The minimum absolute atomic E-state index is 0.0333. The molecule has 184 valence electrons. The third-order valence-corrected chi connectivity index (χ3v) is 8.54. The molecule has 1 saturated heterocycles. The third-order valence-electron chi connectivity index (χ3n) is 5.37. The Morgan fingerprint density at radius 3 is 2.41 bits per heavy atom. The summed E-state index contributed by atoms with van der Waals surface area (Å²) in [5.41, 5.74) is 0.648. The second-order valence-electron chi connectivity index (χ2n) is 7.72. The topological polar surface area (TPSA) is 143 Å². The van der Waals surface area contributed by atoms with Crippen LogP contribution in [0.25, 0.3) is 0 Å². The van der Waals surface area contributed by atoms with E-state index < -0.39 is 50.6 Å². The maximum Gasteiger partial charge on any atom is 0.328 e. The number of methoxy groups -OCH3 is 1. The molecule has 0 saturated carbocycles. The van der Waals surface area contributed by atoms with Gasteiger partial charge in [-0.3, -0.25) is 9.78 Å². The fourth-order valence-corrected chi connectivity index (χ4v) is 6.17. The number of hydrogen-bond acceptors (Lipinski definition) is 8. The predicted molar refractivity (Wildman–Crippen MR) is 122 cm³/mol. The van der Waals surface area contributed by atoms with Gasteiger partial charge in [0.25, 0.3) is 0 Å². The first-order chi connectivity index (χ1) is 16.0. The van der Waals surface area contributed by atoms with Gasteiger partial charge in [-0.05, 0) is 23.8 Å². The van der Waals surface area contributed by atoms with Gasteiger partial charge in [-0.15, -0.1) is 0 Å². The lowest BCUT2D eigenvalue weighted by molar-refractivity contribution is -0.145. The Balaban J connectivity index is 1.87. The summed E-state index contributed by atoms with van der Waals surface area (Å²) in [6, 6.07) is 8.56. The van der Waals surface area contributed by atoms with Crippen LogP contribution in [0.15, 0.2) is 59.8 Å². The lowest BCUT2D eigenvalue weighted by atomic mass is 10.1. The molecule has 0 unspecified atom stereocenters. The molecule has 1 aromatic heterocycles. The van der Waals surface area contributed by atoms with Crippen molar-refractivity contribution in [1.29, 1.82) is 0 Å². The molecule has 34 heavy (non-hydrogen) atoms. The number of hydrogen-bond donors (Lipinski definition) is 1. The fraction of sp³-hybridized carbons (Fsp3) is 0.381. The van der Waals surface area contributed by atoms with Crippen LogP contribution in [0.3, 0.4) is 0 Å². The van der Waals surface area contributed by atoms with Crippen LogP contribution in [-0.4, -0.2) is 87.4 Å². The molecule has 0 spiro atoms. The zero-order valence-corrected chi connectivity index (χ0v) is 20.3. The number of nitrogens with zero attached hydrogens (tertiary/aromatic N) is 3. The SMILES string of the molecule is COC(=O)[C@@H](Cc1cccnc1)NC(=O)[C@@H]1CN(S(=O)(=O)c2ccccc2)CCN1S(C)(=O)=O. The Bertz CT molecular complexity index is 1220. The predicted octanol–water partition coefficient (Wildman–Crippen LogP) is -0.383. The van der Waals surface area contributed by atoms with Crippen LogP contribution in [0.2, 0.25) is 0 Å². The lowest BCUT2D eigenvalue weighted by Crippen LogP contribution is -2.62. The van der Waals surface area contributed by atoms with Gasteiger partial charge < -0.3 is 10.1 Å². The number of pyridine rings is 1. The Morgan fingerprint density at radius 1 is 1.12 bits per heavy atom. The maximum absolute atomic E-state index is 13.2. The van der Waals surface area contributed by atoms with E-state index in [9.17, 15) is 26.4 Å². The number of rotatable bonds is 8. The van der Waals surface area contributed by atoms with Gasteiger partial charge in [0.05, 0.1) is 18.3 Å². The summed E-state index contributed by atoms with van der Waals surface area (Å²) >= 11 is 0. The molecule has 1 amide bonds. The molecule has 0 bridgehead atoms. The van der Waals surface area contributed by atoms with Gasteiger partial charge in [0, 0.05) is 38.4 Å². The molecule has 2 aromatic rings. The van der Waals surface area contributed by atoms with E-state index in [1.54, 1.807) is 36.5 Å². The van der Waals surface area contributed by atoms with Crippen molar-refractivity contribution in [2.45, 2.75) is 23.4 Å². The van der Waals surface area contributed by atoms with E-state index in [4.69, 9.17) is 4.74 Å². The van der Waals surface area contributed by atoms with E-state index in [0.29, 0.717) is 5.56 Å². The number of benzene rings is 1. The first-order valence-electron chi connectivity index (χ1n) is 10.3. The Kier molecular flexibility index (Phi) is 8.02. The largest absolute Gasteiger partial charge is 0.467 e. The third kappa shape index (κ3) is 5.97. The normalized spacial score (nSPS) is 18.7. The average Bonchev–Trinajstić information content (AvgIpc) is 2.83. The van der Waals surface area contributed by atoms with Crippen LogP contribution in [0.4, 0.5) is 0 Å². The number of carbonyl (C=O) groups is 2. The van der Waals surface area contributed by atoms with E-state index in [2.05, 4.69) is 10.3 Å². The molecule has 1 aliphatic rings. The maximum atomic E-state index is 13.2. The van der Waals surface area contributed by atoms with E-state index >= 15 is 0 Å². The number of nitrogens with one attached hydrogen (secondary N) is 1. The number of aromatic nitrogens is 1. The van der Waals surface area contributed by atoms with Gasteiger partial charge in [0.1, 0.15) is 12.1 Å². The first kappa shape index (κ1) is 25.7. The first-order valence-corrected chi connectivity index (χ1v) is 13.6. The summed E-state index contributed by atoms with van der Waals surface area (Å²) in [5, 5.41) is 2.53. The minimum atomic E-state index is -3.96. The molecule has 1 aliphatic heterocycles. The monoisotopic (exact) mass is 510 g/mol. The molecular formula is C21H26N4O7S2. The van der Waals surface area contributed by atoms with Crippen LogP contribution in [-0.2, 0) is 40.8 Å². The van der Waals surface area contributed by atoms with Crippen molar-refractivity contribution in [3.05, 3.63) is 60.4 Å². The Hall–Kier alpha value is -2.87. The summed E-state index contributed by atoms with van der Waals surface area (Å²) in [6.45, 7) is -0.740. The van der Waals surface area contributed by atoms with Crippen molar-refractivity contribution in [3.8, 4) is 0 Å². The highest BCUT2D eigenvalue weighted by molar-refractivity contribution is 7.89. The average molecular weight is 511 g/mol. The second-order valence-corrected chi connectivity index (χ2v) is 11.6. The fourth-order valence-electron chi connectivity index (χ4n) is 3.67. The molecule has 0 radical (unpaired) electrons. The Morgan fingerprint density at radius 2 is 1.82 bits per heavy atom. The zero-order valence-electron chi connectivity index (χ0n) is 18.7.